The molecule has 1 aliphatic rings. The normalized spacial score (nSPS) is 18.0. The van der Waals surface area contributed by atoms with Crippen LogP contribution in [0.25, 0.3) is 6.08 Å². The smallest absolute Gasteiger partial charge is 0.260 e. The molecular weight excluding hydrogens is 379 g/mol. The molecule has 1 saturated heterocycles. The van der Waals surface area contributed by atoms with Gasteiger partial charge in [-0.2, -0.15) is 0 Å². The van der Waals surface area contributed by atoms with Crippen molar-refractivity contribution in [1.29, 1.82) is 0 Å². The van der Waals surface area contributed by atoms with Crippen LogP contribution >= 0.6 is 23.4 Å². The van der Waals surface area contributed by atoms with E-state index in [1.807, 2.05) is 0 Å². The topological polar surface area (TPSA) is 70.6 Å². The molecule has 2 aromatic rings. The molecule has 5 nitrogen and oxygen atoms in total. The van der Waals surface area contributed by atoms with E-state index in [0.29, 0.717) is 22.8 Å². The van der Waals surface area contributed by atoms with Gasteiger partial charge in [0.2, 0.25) is 0 Å². The number of halogens is 2. The van der Waals surface area contributed by atoms with E-state index in [4.69, 9.17) is 16.3 Å². The molecule has 26 heavy (non-hydrogen) atoms. The standard InChI is InChI=1S/C18H16ClFN2O3S/c1-2-25-14-8-10(7-11(19)16(14)23)9-15-17(24)22-18(26-15)21-13-6-4-3-5-12(13)20/h3-9,18,21,23H,2H2,1H3,(H,22,24)/b15-9-. The maximum atomic E-state index is 13.7. The number of hydrogen-bond acceptors (Lipinski definition) is 5. The van der Waals surface area contributed by atoms with Crippen LogP contribution in [0.1, 0.15) is 12.5 Å². The van der Waals surface area contributed by atoms with Gasteiger partial charge in [0.15, 0.2) is 17.0 Å². The van der Waals surface area contributed by atoms with Gasteiger partial charge in [-0.3, -0.25) is 4.79 Å². The molecule has 1 amide bonds. The van der Waals surface area contributed by atoms with Crippen LogP contribution in [0.2, 0.25) is 5.02 Å². The number of amides is 1. The van der Waals surface area contributed by atoms with Gasteiger partial charge in [0.25, 0.3) is 5.91 Å². The van der Waals surface area contributed by atoms with E-state index in [1.165, 1.54) is 23.9 Å². The average molecular weight is 395 g/mol. The molecule has 8 heteroatoms. The minimum absolute atomic E-state index is 0.132. The predicted molar refractivity (Wildman–Crippen MR) is 102 cm³/mol. The Labute approximate surface area is 159 Å². The lowest BCUT2D eigenvalue weighted by molar-refractivity contribution is -0.116. The number of benzene rings is 2. The summed E-state index contributed by atoms with van der Waals surface area (Å²) >= 11 is 7.23. The van der Waals surface area contributed by atoms with Crippen molar-refractivity contribution in [2.45, 2.75) is 12.4 Å². The van der Waals surface area contributed by atoms with Crippen LogP contribution < -0.4 is 15.4 Å². The van der Waals surface area contributed by atoms with Crippen molar-refractivity contribution >= 4 is 41.0 Å². The minimum Gasteiger partial charge on any atom is -0.503 e. The molecular formula is C18H16ClFN2O3S. The number of ether oxygens (including phenoxy) is 1. The number of carbonyl (C=O) groups excluding carboxylic acids is 1. The highest BCUT2D eigenvalue weighted by Gasteiger charge is 2.27. The van der Waals surface area contributed by atoms with Gasteiger partial charge in [-0.25, -0.2) is 4.39 Å². The number of rotatable bonds is 5. The predicted octanol–water partition coefficient (Wildman–Crippen LogP) is 4.18. The van der Waals surface area contributed by atoms with E-state index in [2.05, 4.69) is 10.6 Å². The Morgan fingerprint density at radius 3 is 2.92 bits per heavy atom. The number of phenolic OH excluding ortho intramolecular Hbond substituents is 1. The Hall–Kier alpha value is -2.38. The molecule has 1 unspecified atom stereocenters. The van der Waals surface area contributed by atoms with Gasteiger partial charge in [0, 0.05) is 0 Å². The maximum absolute atomic E-state index is 13.7. The molecule has 136 valence electrons. The second kappa shape index (κ2) is 7.88. The monoisotopic (exact) mass is 394 g/mol. The van der Waals surface area contributed by atoms with Crippen LogP contribution in [0.4, 0.5) is 10.1 Å². The van der Waals surface area contributed by atoms with Crippen LogP contribution in [-0.2, 0) is 4.79 Å². The first-order valence-electron chi connectivity index (χ1n) is 7.83. The van der Waals surface area contributed by atoms with E-state index in [-0.39, 0.29) is 22.4 Å². The minimum atomic E-state index is -0.496. The molecule has 3 N–H and O–H groups in total. The zero-order valence-electron chi connectivity index (χ0n) is 13.8. The summed E-state index contributed by atoms with van der Waals surface area (Å²) in [7, 11) is 0. The van der Waals surface area contributed by atoms with E-state index < -0.39 is 11.3 Å². The zero-order chi connectivity index (χ0) is 18.7. The highest BCUT2D eigenvalue weighted by atomic mass is 35.5. The lowest BCUT2D eigenvalue weighted by Crippen LogP contribution is -2.31. The van der Waals surface area contributed by atoms with Crippen molar-refractivity contribution in [3.63, 3.8) is 0 Å². The fourth-order valence-corrected chi connectivity index (χ4v) is 3.57. The van der Waals surface area contributed by atoms with Gasteiger partial charge in [0.1, 0.15) is 5.82 Å². The Morgan fingerprint density at radius 2 is 2.19 bits per heavy atom. The number of para-hydroxylation sites is 1. The maximum Gasteiger partial charge on any atom is 0.260 e. The Kier molecular flexibility index (Phi) is 5.58. The Bertz CT molecular complexity index is 876. The van der Waals surface area contributed by atoms with Gasteiger partial charge in [-0.15, -0.1) is 0 Å². The second-order valence-corrected chi connectivity index (χ2v) is 6.94. The third kappa shape index (κ3) is 4.05. The molecule has 0 radical (unpaired) electrons. The summed E-state index contributed by atoms with van der Waals surface area (Å²) in [6.45, 7) is 2.16. The SMILES string of the molecule is CCOc1cc(/C=C2\SC(Nc3ccccc3F)NC2=O)cc(Cl)c1O. The lowest BCUT2D eigenvalue weighted by Gasteiger charge is -2.13. The first-order valence-corrected chi connectivity index (χ1v) is 9.09. The van der Waals surface area contributed by atoms with Crippen LogP contribution in [0.15, 0.2) is 41.3 Å². The van der Waals surface area contributed by atoms with Crippen molar-refractivity contribution in [1.82, 2.24) is 5.32 Å². The fraction of sp³-hybridized carbons (Fsp3) is 0.167. The first kappa shape index (κ1) is 18.4. The first-order chi connectivity index (χ1) is 12.5. The van der Waals surface area contributed by atoms with Crippen LogP contribution in [0.5, 0.6) is 11.5 Å². The number of nitrogens with one attached hydrogen (secondary N) is 2. The van der Waals surface area contributed by atoms with Gasteiger partial charge in [0.05, 0.1) is 22.2 Å². The average Bonchev–Trinajstić information content (AvgIpc) is 2.94. The number of carbonyl (C=O) groups is 1. The number of anilines is 1. The van der Waals surface area contributed by atoms with E-state index >= 15 is 0 Å². The number of phenols is 1. The Balaban J connectivity index is 1.80. The van der Waals surface area contributed by atoms with Crippen molar-refractivity contribution < 1.29 is 19.0 Å². The molecule has 1 atom stereocenters. The molecule has 2 aromatic carbocycles. The second-order valence-electron chi connectivity index (χ2n) is 5.39. The summed E-state index contributed by atoms with van der Waals surface area (Å²) in [5.41, 5.74) is 0.419. The van der Waals surface area contributed by atoms with Crippen LogP contribution in [0, 0.1) is 5.82 Å². The molecule has 1 fully saturated rings. The molecule has 0 saturated carbocycles. The quantitative estimate of drug-likeness (QED) is 0.663. The largest absolute Gasteiger partial charge is 0.503 e. The highest BCUT2D eigenvalue weighted by molar-refractivity contribution is 8.05. The van der Waals surface area contributed by atoms with E-state index in [0.717, 1.165) is 0 Å². The summed E-state index contributed by atoms with van der Waals surface area (Å²) in [6.07, 6.45) is 1.64. The van der Waals surface area contributed by atoms with E-state index in [9.17, 15) is 14.3 Å². The van der Waals surface area contributed by atoms with Crippen molar-refractivity contribution in [3.8, 4) is 11.5 Å². The molecule has 0 spiro atoms. The number of thioether (sulfide) groups is 1. The molecule has 3 rings (SSSR count). The van der Waals surface area contributed by atoms with Gasteiger partial charge >= 0.3 is 0 Å². The van der Waals surface area contributed by atoms with Gasteiger partial charge in [-0.05, 0) is 42.8 Å². The van der Waals surface area contributed by atoms with E-state index in [1.54, 1.807) is 37.3 Å². The molecule has 0 bridgehead atoms. The summed E-state index contributed by atoms with van der Waals surface area (Å²) in [5.74, 6) is -0.577. The number of aromatic hydroxyl groups is 1. The van der Waals surface area contributed by atoms with Gasteiger partial charge in [-0.1, -0.05) is 35.5 Å². The molecule has 0 aromatic heterocycles. The van der Waals surface area contributed by atoms with Crippen LogP contribution in [0.3, 0.4) is 0 Å². The summed E-state index contributed by atoms with van der Waals surface area (Å²) in [5, 5.41) is 15.7. The third-order valence-corrected chi connectivity index (χ3v) is 4.86. The fourth-order valence-electron chi connectivity index (χ4n) is 2.38. The Morgan fingerprint density at radius 1 is 1.42 bits per heavy atom. The lowest BCUT2D eigenvalue weighted by atomic mass is 10.2. The summed E-state index contributed by atoms with van der Waals surface area (Å²) in [4.78, 5) is 12.6. The van der Waals surface area contributed by atoms with Crippen molar-refractivity contribution in [3.05, 3.63) is 57.7 Å². The van der Waals surface area contributed by atoms with Crippen molar-refractivity contribution in [2.75, 3.05) is 11.9 Å². The third-order valence-electron chi connectivity index (χ3n) is 3.54. The summed E-state index contributed by atoms with van der Waals surface area (Å²) in [6, 6.07) is 9.38. The molecule has 1 heterocycles. The van der Waals surface area contributed by atoms with Gasteiger partial charge < -0.3 is 20.5 Å². The van der Waals surface area contributed by atoms with Crippen molar-refractivity contribution in [2.24, 2.45) is 0 Å². The zero-order valence-corrected chi connectivity index (χ0v) is 15.3. The highest BCUT2D eigenvalue weighted by Crippen LogP contribution is 2.37. The van der Waals surface area contributed by atoms with Crippen LogP contribution in [-0.4, -0.2) is 23.1 Å². The summed E-state index contributed by atoms with van der Waals surface area (Å²) < 4.78 is 19.1. The molecule has 1 aliphatic heterocycles. The molecule has 0 aliphatic carbocycles. The number of hydrogen-bond donors (Lipinski definition) is 3.